The molecule has 0 aliphatic carbocycles. The lowest BCUT2D eigenvalue weighted by molar-refractivity contribution is -0.385. The van der Waals surface area contributed by atoms with Gasteiger partial charge in [-0.2, -0.15) is 9.40 Å². The van der Waals surface area contributed by atoms with Crippen molar-refractivity contribution in [3.05, 3.63) is 39.6 Å². The highest BCUT2D eigenvalue weighted by molar-refractivity contribution is 7.89. The van der Waals surface area contributed by atoms with Crippen LogP contribution in [-0.4, -0.2) is 52.5 Å². The first-order chi connectivity index (χ1) is 15.6. The number of carbonyl (C=O) groups is 1. The Kier molecular flexibility index (Phi) is 7.38. The van der Waals surface area contributed by atoms with Crippen molar-refractivity contribution in [2.75, 3.05) is 13.1 Å². The number of sulfonamides is 1. The fourth-order valence-corrected chi connectivity index (χ4v) is 5.21. The van der Waals surface area contributed by atoms with Crippen molar-refractivity contribution < 1.29 is 22.9 Å². The van der Waals surface area contributed by atoms with Gasteiger partial charge in [-0.05, 0) is 46.1 Å². The zero-order valence-corrected chi connectivity index (χ0v) is 20.0. The lowest BCUT2D eigenvalue weighted by Gasteiger charge is -2.18. The lowest BCUT2D eigenvalue weighted by Crippen LogP contribution is -2.32. The van der Waals surface area contributed by atoms with Crippen LogP contribution >= 0.6 is 0 Å². The van der Waals surface area contributed by atoms with E-state index >= 15 is 0 Å². The maximum atomic E-state index is 13.3. The van der Waals surface area contributed by atoms with Crippen LogP contribution in [0.1, 0.15) is 56.1 Å². The van der Waals surface area contributed by atoms with E-state index < -0.39 is 14.9 Å². The number of hydrogen-bond acceptors (Lipinski definition) is 7. The second-order valence-electron chi connectivity index (χ2n) is 7.98. The Bertz CT molecular complexity index is 1150. The van der Waals surface area contributed by atoms with Gasteiger partial charge in [-0.3, -0.25) is 14.9 Å². The summed E-state index contributed by atoms with van der Waals surface area (Å²) < 4.78 is 35.3. The summed E-state index contributed by atoms with van der Waals surface area (Å²) in [7, 11) is -4.01. The topological polar surface area (TPSA) is 137 Å². The number of carbonyl (C=O) groups excluding carboxylic acids is 1. The molecule has 3 rings (SSSR count). The Morgan fingerprint density at radius 3 is 2.55 bits per heavy atom. The molecule has 180 valence electrons. The van der Waals surface area contributed by atoms with E-state index in [1.54, 1.807) is 6.92 Å². The van der Waals surface area contributed by atoms with E-state index in [-0.39, 0.29) is 39.9 Å². The van der Waals surface area contributed by atoms with Gasteiger partial charge in [0.1, 0.15) is 10.6 Å². The Morgan fingerprint density at radius 2 is 1.97 bits per heavy atom. The molecule has 1 aromatic heterocycles. The van der Waals surface area contributed by atoms with Gasteiger partial charge in [-0.1, -0.05) is 6.92 Å². The molecule has 1 aliphatic heterocycles. The minimum Gasteiger partial charge on any atom is -0.438 e. The van der Waals surface area contributed by atoms with Crippen LogP contribution in [0.3, 0.4) is 0 Å². The van der Waals surface area contributed by atoms with Gasteiger partial charge in [0.25, 0.3) is 11.6 Å². The fourth-order valence-electron chi connectivity index (χ4n) is 3.56. The van der Waals surface area contributed by atoms with Crippen LogP contribution in [-0.2, 0) is 16.6 Å². The first-order valence-corrected chi connectivity index (χ1v) is 12.4. The summed E-state index contributed by atoms with van der Waals surface area (Å²) in [5.41, 5.74) is 0.271. The van der Waals surface area contributed by atoms with Gasteiger partial charge < -0.3 is 10.1 Å². The van der Waals surface area contributed by atoms with E-state index in [1.165, 1.54) is 21.1 Å². The molecule has 1 unspecified atom stereocenters. The molecule has 0 bridgehead atoms. The van der Waals surface area contributed by atoms with E-state index in [2.05, 4.69) is 10.4 Å². The summed E-state index contributed by atoms with van der Waals surface area (Å²) in [4.78, 5) is 23.1. The zero-order chi connectivity index (χ0) is 24.3. The number of nitrogens with one attached hydrogen (secondary N) is 1. The number of nitrogens with zero attached hydrogens (tertiary/aromatic N) is 4. The van der Waals surface area contributed by atoms with Crippen LogP contribution in [0.25, 0.3) is 0 Å². The summed E-state index contributed by atoms with van der Waals surface area (Å²) >= 11 is 0. The maximum Gasteiger partial charge on any atom is 0.272 e. The molecule has 1 fully saturated rings. The number of aryl methyl sites for hydroxylation is 1. The third-order valence-electron chi connectivity index (χ3n) is 5.66. The molecular weight excluding hydrogens is 450 g/mol. The summed E-state index contributed by atoms with van der Waals surface area (Å²) in [6.07, 6.45) is 2.20. The predicted octanol–water partition coefficient (Wildman–Crippen LogP) is 3.22. The van der Waals surface area contributed by atoms with Crippen molar-refractivity contribution in [1.29, 1.82) is 0 Å². The molecule has 0 saturated carbocycles. The molecule has 1 atom stereocenters. The number of ether oxygens (including phenoxy) is 1. The van der Waals surface area contributed by atoms with E-state index in [1.807, 2.05) is 20.8 Å². The Hall–Kier alpha value is -2.99. The highest BCUT2D eigenvalue weighted by atomic mass is 32.2. The van der Waals surface area contributed by atoms with Crippen LogP contribution in [0, 0.1) is 17.0 Å². The van der Waals surface area contributed by atoms with Gasteiger partial charge in [-0.25, -0.2) is 13.1 Å². The van der Waals surface area contributed by atoms with E-state index in [9.17, 15) is 23.3 Å². The number of nitro benzene ring substituents is 1. The van der Waals surface area contributed by atoms with Crippen LogP contribution in [0.5, 0.6) is 11.6 Å². The SMILES string of the molecule is CCC(C)NC(=O)c1nn(CC)c(Oc2ccc([N+](=O)[O-])cc2S(=O)(=O)N2CCCC2)c1C. The highest BCUT2D eigenvalue weighted by Crippen LogP contribution is 2.36. The normalized spacial score (nSPS) is 15.4. The molecule has 12 heteroatoms. The van der Waals surface area contributed by atoms with E-state index in [0.29, 0.717) is 25.2 Å². The molecule has 1 saturated heterocycles. The van der Waals surface area contributed by atoms with Crippen LogP contribution in [0.4, 0.5) is 5.69 Å². The Morgan fingerprint density at radius 1 is 1.30 bits per heavy atom. The third kappa shape index (κ3) is 5.01. The minimum absolute atomic E-state index is 0.0417. The second kappa shape index (κ2) is 9.87. The third-order valence-corrected chi connectivity index (χ3v) is 7.58. The number of benzene rings is 1. The van der Waals surface area contributed by atoms with Gasteiger partial charge in [0.05, 0.1) is 4.92 Å². The van der Waals surface area contributed by atoms with Crippen molar-refractivity contribution in [3.63, 3.8) is 0 Å². The quantitative estimate of drug-likeness (QED) is 0.431. The summed E-state index contributed by atoms with van der Waals surface area (Å²) in [6.45, 7) is 8.37. The van der Waals surface area contributed by atoms with Crippen molar-refractivity contribution in [2.24, 2.45) is 0 Å². The first kappa shape index (κ1) is 24.6. The molecular formula is C21H29N5O6S. The smallest absolute Gasteiger partial charge is 0.272 e. The second-order valence-corrected chi connectivity index (χ2v) is 9.89. The molecule has 2 aromatic rings. The Balaban J connectivity index is 2.06. The zero-order valence-electron chi connectivity index (χ0n) is 19.2. The van der Waals surface area contributed by atoms with Crippen LogP contribution < -0.4 is 10.1 Å². The molecule has 0 spiro atoms. The van der Waals surface area contributed by atoms with Crippen LogP contribution in [0.2, 0.25) is 0 Å². The number of rotatable bonds is 9. The molecule has 1 amide bonds. The minimum atomic E-state index is -4.01. The van der Waals surface area contributed by atoms with Crippen LogP contribution in [0.15, 0.2) is 23.1 Å². The Labute approximate surface area is 192 Å². The first-order valence-electron chi connectivity index (χ1n) is 10.9. The number of nitro groups is 1. The average Bonchev–Trinajstić information content (AvgIpc) is 3.43. The lowest BCUT2D eigenvalue weighted by atomic mass is 10.2. The van der Waals surface area contributed by atoms with Gasteiger partial charge >= 0.3 is 0 Å². The molecule has 2 heterocycles. The van der Waals surface area contributed by atoms with Crippen molar-refractivity contribution >= 4 is 21.6 Å². The average molecular weight is 480 g/mol. The van der Waals surface area contributed by atoms with Crippen molar-refractivity contribution in [3.8, 4) is 11.6 Å². The summed E-state index contributed by atoms with van der Waals surface area (Å²) in [5, 5.41) is 18.5. The van der Waals surface area contributed by atoms with Crippen molar-refractivity contribution in [1.82, 2.24) is 19.4 Å². The van der Waals surface area contributed by atoms with Gasteiger partial charge in [0.2, 0.25) is 15.9 Å². The largest absolute Gasteiger partial charge is 0.438 e. The highest BCUT2D eigenvalue weighted by Gasteiger charge is 2.33. The number of aromatic nitrogens is 2. The van der Waals surface area contributed by atoms with Gasteiger partial charge in [0, 0.05) is 43.4 Å². The molecule has 33 heavy (non-hydrogen) atoms. The number of non-ortho nitro benzene ring substituents is 1. The predicted molar refractivity (Wildman–Crippen MR) is 121 cm³/mol. The monoisotopic (exact) mass is 479 g/mol. The maximum absolute atomic E-state index is 13.3. The van der Waals surface area contributed by atoms with Gasteiger partial charge in [0.15, 0.2) is 5.69 Å². The molecule has 11 nitrogen and oxygen atoms in total. The van der Waals surface area contributed by atoms with Gasteiger partial charge in [-0.15, -0.1) is 0 Å². The van der Waals surface area contributed by atoms with E-state index in [4.69, 9.17) is 4.74 Å². The van der Waals surface area contributed by atoms with Crippen molar-refractivity contribution in [2.45, 2.75) is 64.4 Å². The standard InChI is InChI=1S/C21H29N5O6S/c1-5-14(3)22-20(27)19-15(4)21(25(6-2)23-19)32-17-10-9-16(26(28)29)13-18(17)33(30,31)24-11-7-8-12-24/h9-10,13-14H,5-8,11-12H2,1-4H3,(H,22,27). The molecule has 0 radical (unpaired) electrons. The number of amides is 1. The van der Waals surface area contributed by atoms with E-state index in [0.717, 1.165) is 25.3 Å². The fraction of sp³-hybridized carbons (Fsp3) is 0.524. The molecule has 1 aromatic carbocycles. The molecule has 1 aliphatic rings. The summed E-state index contributed by atoms with van der Waals surface area (Å²) in [6, 6.07) is 3.44. The number of hydrogen-bond donors (Lipinski definition) is 1. The molecule has 1 N–H and O–H groups in total. The summed E-state index contributed by atoms with van der Waals surface area (Å²) in [5.74, 6) is -0.204.